The predicted molar refractivity (Wildman–Crippen MR) is 117 cm³/mol. The number of benzene rings is 2. The normalized spacial score (nSPS) is 12.6. The van der Waals surface area contributed by atoms with Crippen molar-refractivity contribution in [1.82, 2.24) is 10.2 Å². The van der Waals surface area contributed by atoms with Crippen LogP contribution < -0.4 is 5.32 Å². The standard InChI is InChI=1S/C21H22BrN3O2S/c1-13(18(26)23-17-11-7-15(8-12-17)21(2,3)4)28-20-25-24-19(27-20)14-5-9-16(22)10-6-14/h5-13H,1-4H3,(H,23,26). The summed E-state index contributed by atoms with van der Waals surface area (Å²) in [5, 5.41) is 11.0. The van der Waals surface area contributed by atoms with Crippen molar-refractivity contribution in [2.75, 3.05) is 5.32 Å². The van der Waals surface area contributed by atoms with Gasteiger partial charge in [0.1, 0.15) is 0 Å². The van der Waals surface area contributed by atoms with E-state index >= 15 is 0 Å². The first-order valence-corrected chi connectivity index (χ1v) is 10.6. The van der Waals surface area contributed by atoms with E-state index in [4.69, 9.17) is 4.42 Å². The zero-order chi connectivity index (χ0) is 20.3. The van der Waals surface area contributed by atoms with Crippen LogP contribution in [0.1, 0.15) is 33.3 Å². The van der Waals surface area contributed by atoms with Crippen molar-refractivity contribution in [2.24, 2.45) is 0 Å². The molecule has 0 spiro atoms. The summed E-state index contributed by atoms with van der Waals surface area (Å²) in [6.07, 6.45) is 0. The molecular weight excluding hydrogens is 438 g/mol. The minimum absolute atomic E-state index is 0.0795. The lowest BCUT2D eigenvalue weighted by Gasteiger charge is -2.19. The summed E-state index contributed by atoms with van der Waals surface area (Å²) in [7, 11) is 0. The van der Waals surface area contributed by atoms with E-state index in [1.807, 2.05) is 55.5 Å². The highest BCUT2D eigenvalue weighted by atomic mass is 79.9. The third kappa shape index (κ3) is 5.23. The highest BCUT2D eigenvalue weighted by Crippen LogP contribution is 2.28. The van der Waals surface area contributed by atoms with Crippen LogP contribution in [0.25, 0.3) is 11.5 Å². The number of amides is 1. The minimum Gasteiger partial charge on any atom is -0.411 e. The largest absolute Gasteiger partial charge is 0.411 e. The van der Waals surface area contributed by atoms with Crippen LogP contribution in [-0.4, -0.2) is 21.4 Å². The highest BCUT2D eigenvalue weighted by Gasteiger charge is 2.19. The predicted octanol–water partition coefficient (Wildman–Crippen LogP) is 5.92. The van der Waals surface area contributed by atoms with Gasteiger partial charge in [0.15, 0.2) is 0 Å². The quantitative estimate of drug-likeness (QED) is 0.479. The van der Waals surface area contributed by atoms with Crippen molar-refractivity contribution in [3.05, 3.63) is 58.6 Å². The van der Waals surface area contributed by atoms with Crippen LogP contribution in [0.2, 0.25) is 0 Å². The molecule has 2 aromatic carbocycles. The first-order chi connectivity index (χ1) is 13.2. The number of thioether (sulfide) groups is 1. The van der Waals surface area contributed by atoms with Crippen molar-refractivity contribution in [3.63, 3.8) is 0 Å². The van der Waals surface area contributed by atoms with Crippen LogP contribution in [0.5, 0.6) is 0 Å². The first kappa shape index (κ1) is 20.6. The van der Waals surface area contributed by atoms with Gasteiger partial charge in [-0.15, -0.1) is 10.2 Å². The van der Waals surface area contributed by atoms with Crippen molar-refractivity contribution < 1.29 is 9.21 Å². The van der Waals surface area contributed by atoms with E-state index in [2.05, 4.69) is 52.2 Å². The van der Waals surface area contributed by atoms with E-state index < -0.39 is 0 Å². The van der Waals surface area contributed by atoms with E-state index in [1.165, 1.54) is 17.3 Å². The van der Waals surface area contributed by atoms with Gasteiger partial charge in [0.05, 0.1) is 5.25 Å². The molecule has 1 amide bonds. The summed E-state index contributed by atoms with van der Waals surface area (Å²) in [6, 6.07) is 15.5. The van der Waals surface area contributed by atoms with Gasteiger partial charge in [-0.1, -0.05) is 60.6 Å². The van der Waals surface area contributed by atoms with Crippen LogP contribution in [0, 0.1) is 0 Å². The second kappa shape index (κ2) is 8.49. The Morgan fingerprint density at radius 2 is 1.71 bits per heavy atom. The molecule has 5 nitrogen and oxygen atoms in total. The molecule has 1 atom stereocenters. The van der Waals surface area contributed by atoms with Crippen molar-refractivity contribution in [1.29, 1.82) is 0 Å². The van der Waals surface area contributed by atoms with Crippen molar-refractivity contribution in [2.45, 2.75) is 43.6 Å². The number of hydrogen-bond donors (Lipinski definition) is 1. The number of carbonyl (C=O) groups is 1. The van der Waals surface area contributed by atoms with Gasteiger partial charge >= 0.3 is 0 Å². The fourth-order valence-electron chi connectivity index (χ4n) is 2.47. The summed E-state index contributed by atoms with van der Waals surface area (Å²) in [5.74, 6) is 0.317. The van der Waals surface area contributed by atoms with Gasteiger partial charge < -0.3 is 9.73 Å². The molecule has 0 saturated heterocycles. The molecule has 1 N–H and O–H groups in total. The van der Waals surface area contributed by atoms with Crippen LogP contribution in [0.3, 0.4) is 0 Å². The second-order valence-electron chi connectivity index (χ2n) is 7.46. The molecule has 0 bridgehead atoms. The lowest BCUT2D eigenvalue weighted by Crippen LogP contribution is -2.22. The molecule has 0 aliphatic carbocycles. The second-order valence-corrected chi connectivity index (χ2v) is 9.66. The monoisotopic (exact) mass is 459 g/mol. The first-order valence-electron chi connectivity index (χ1n) is 8.90. The molecule has 1 unspecified atom stereocenters. The van der Waals surface area contributed by atoms with Gasteiger partial charge in [-0.2, -0.15) is 0 Å². The summed E-state index contributed by atoms with van der Waals surface area (Å²) in [4.78, 5) is 12.5. The molecule has 28 heavy (non-hydrogen) atoms. The smallest absolute Gasteiger partial charge is 0.277 e. The molecule has 3 aromatic rings. The molecule has 1 aromatic heterocycles. The topological polar surface area (TPSA) is 68.0 Å². The van der Waals surface area contributed by atoms with Crippen LogP contribution in [-0.2, 0) is 10.2 Å². The molecule has 1 heterocycles. The maximum absolute atomic E-state index is 12.5. The number of anilines is 1. The van der Waals surface area contributed by atoms with E-state index in [1.54, 1.807) is 0 Å². The molecule has 3 rings (SSSR count). The number of carbonyl (C=O) groups excluding carboxylic acids is 1. The van der Waals surface area contributed by atoms with Gasteiger partial charge in [0.2, 0.25) is 11.8 Å². The number of nitrogens with one attached hydrogen (secondary N) is 1. The molecule has 0 aliphatic rings. The summed E-state index contributed by atoms with van der Waals surface area (Å²) >= 11 is 4.63. The van der Waals surface area contributed by atoms with Gasteiger partial charge in [0, 0.05) is 15.7 Å². The lowest BCUT2D eigenvalue weighted by atomic mass is 9.87. The maximum Gasteiger partial charge on any atom is 0.277 e. The van der Waals surface area contributed by atoms with Crippen LogP contribution in [0.4, 0.5) is 5.69 Å². The average molecular weight is 460 g/mol. The number of hydrogen-bond acceptors (Lipinski definition) is 5. The van der Waals surface area contributed by atoms with Crippen molar-refractivity contribution >= 4 is 39.3 Å². The highest BCUT2D eigenvalue weighted by molar-refractivity contribution is 9.10. The zero-order valence-corrected chi connectivity index (χ0v) is 18.6. The van der Waals surface area contributed by atoms with Crippen LogP contribution in [0.15, 0.2) is 62.6 Å². The average Bonchev–Trinajstić information content (AvgIpc) is 3.10. The van der Waals surface area contributed by atoms with Gasteiger partial charge in [0.25, 0.3) is 5.22 Å². The van der Waals surface area contributed by atoms with E-state index in [-0.39, 0.29) is 16.6 Å². The molecular formula is C21H22BrN3O2S. The Hall–Kier alpha value is -2.12. The Bertz CT molecular complexity index is 947. The lowest BCUT2D eigenvalue weighted by molar-refractivity contribution is -0.115. The summed E-state index contributed by atoms with van der Waals surface area (Å²) < 4.78 is 6.66. The van der Waals surface area contributed by atoms with Gasteiger partial charge in [-0.05, 0) is 54.3 Å². The SMILES string of the molecule is CC(Sc1nnc(-c2ccc(Br)cc2)o1)C(=O)Nc1ccc(C(C)(C)C)cc1. The Balaban J connectivity index is 1.61. The number of rotatable bonds is 5. The Kier molecular flexibility index (Phi) is 6.25. The van der Waals surface area contributed by atoms with Crippen LogP contribution >= 0.6 is 27.7 Å². The van der Waals surface area contributed by atoms with Crippen molar-refractivity contribution in [3.8, 4) is 11.5 Å². The molecule has 7 heteroatoms. The fourth-order valence-corrected chi connectivity index (χ4v) is 3.42. The molecule has 0 radical (unpaired) electrons. The minimum atomic E-state index is -0.375. The zero-order valence-electron chi connectivity index (χ0n) is 16.2. The number of halogens is 1. The van der Waals surface area contributed by atoms with E-state index in [0.29, 0.717) is 11.1 Å². The Labute approximate surface area is 177 Å². The van der Waals surface area contributed by atoms with E-state index in [0.717, 1.165) is 15.7 Å². The molecule has 0 aliphatic heterocycles. The third-order valence-electron chi connectivity index (χ3n) is 4.16. The maximum atomic E-state index is 12.5. The number of aromatic nitrogens is 2. The van der Waals surface area contributed by atoms with Gasteiger partial charge in [-0.25, -0.2) is 0 Å². The summed E-state index contributed by atoms with van der Waals surface area (Å²) in [5.41, 5.74) is 2.90. The third-order valence-corrected chi connectivity index (χ3v) is 5.63. The van der Waals surface area contributed by atoms with E-state index in [9.17, 15) is 4.79 Å². The Morgan fingerprint density at radius 1 is 1.07 bits per heavy atom. The van der Waals surface area contributed by atoms with Gasteiger partial charge in [-0.3, -0.25) is 4.79 Å². The molecule has 0 saturated carbocycles. The summed E-state index contributed by atoms with van der Waals surface area (Å²) in [6.45, 7) is 8.29. The Morgan fingerprint density at radius 3 is 2.32 bits per heavy atom. The fraction of sp³-hybridized carbons (Fsp3) is 0.286. The molecule has 146 valence electrons. The molecule has 0 fully saturated rings. The number of nitrogens with zero attached hydrogens (tertiary/aromatic N) is 2.